The Labute approximate surface area is 264 Å². The number of aryl methyl sites for hydroxylation is 1. The van der Waals surface area contributed by atoms with Gasteiger partial charge < -0.3 is 25.3 Å². The number of piperidine rings is 1. The third kappa shape index (κ3) is 4.98. The van der Waals surface area contributed by atoms with Crippen LogP contribution in [0.4, 0.5) is 0 Å². The van der Waals surface area contributed by atoms with Crippen molar-refractivity contribution in [1.29, 1.82) is 0 Å². The minimum Gasteiger partial charge on any atom is -0.482 e. The van der Waals surface area contributed by atoms with Crippen LogP contribution >= 0.6 is 0 Å². The largest absolute Gasteiger partial charge is 0.482 e. The van der Waals surface area contributed by atoms with Gasteiger partial charge in [-0.15, -0.1) is 0 Å². The first-order valence-electron chi connectivity index (χ1n) is 16.3. The maximum atomic E-state index is 13.8. The molecular weight excluding hydrogens is 566 g/mol. The highest BCUT2D eigenvalue weighted by Gasteiger charge is 2.51. The zero-order valence-electron chi connectivity index (χ0n) is 27.4. The number of pyridine rings is 2. The molecule has 10 nitrogen and oxygen atoms in total. The van der Waals surface area contributed by atoms with Crippen LogP contribution in [0.1, 0.15) is 81.7 Å². The second-order valence-corrected chi connectivity index (χ2v) is 14.7. The summed E-state index contributed by atoms with van der Waals surface area (Å²) in [6.45, 7) is 13.5. The number of carbonyl (C=O) groups excluding carboxylic acids is 2. The van der Waals surface area contributed by atoms with Crippen molar-refractivity contribution in [2.45, 2.75) is 85.5 Å². The topological polar surface area (TPSA) is 120 Å². The van der Waals surface area contributed by atoms with E-state index < -0.39 is 5.41 Å². The number of fused-ring (bicyclic) bond motifs is 4. The molecule has 3 N–H and O–H groups in total. The number of nitrogens with one attached hydrogen (secondary N) is 1. The molecule has 2 aliphatic carbocycles. The average molecular weight is 612 g/mol. The zero-order valence-corrected chi connectivity index (χ0v) is 27.4. The van der Waals surface area contributed by atoms with Crippen molar-refractivity contribution in [1.82, 2.24) is 29.2 Å². The number of methoxy groups -OCH3 is 1. The number of aromatic nitrogens is 4. The first-order chi connectivity index (χ1) is 21.3. The van der Waals surface area contributed by atoms with Gasteiger partial charge in [-0.05, 0) is 75.1 Å². The van der Waals surface area contributed by atoms with Crippen LogP contribution in [0.15, 0.2) is 30.3 Å². The monoisotopic (exact) mass is 611 g/mol. The van der Waals surface area contributed by atoms with E-state index in [0.717, 1.165) is 46.8 Å². The van der Waals surface area contributed by atoms with Gasteiger partial charge in [0.25, 0.3) is 5.91 Å². The van der Waals surface area contributed by atoms with Crippen molar-refractivity contribution in [3.8, 4) is 17.3 Å². The molecular formula is C35H45N7O3. The van der Waals surface area contributed by atoms with E-state index in [4.69, 9.17) is 20.4 Å². The minimum absolute atomic E-state index is 0.00679. The number of rotatable bonds is 7. The molecule has 3 aliphatic rings. The Bertz CT molecular complexity index is 1830. The van der Waals surface area contributed by atoms with Gasteiger partial charge in [-0.25, -0.2) is 9.97 Å². The molecule has 1 aliphatic heterocycles. The van der Waals surface area contributed by atoms with Gasteiger partial charge in [-0.3, -0.25) is 14.0 Å². The fraction of sp³-hybridized carbons (Fsp3) is 0.543. The fourth-order valence-corrected chi connectivity index (χ4v) is 7.50. The van der Waals surface area contributed by atoms with Crippen LogP contribution in [0.3, 0.4) is 0 Å². The van der Waals surface area contributed by atoms with Gasteiger partial charge in [-0.2, -0.15) is 0 Å². The quantitative estimate of drug-likeness (QED) is 0.300. The number of likely N-dealkylation sites (tertiary alicyclic amines) is 1. The highest BCUT2D eigenvalue weighted by molar-refractivity contribution is 5.96. The average Bonchev–Trinajstić information content (AvgIpc) is 3.45. The van der Waals surface area contributed by atoms with Crippen LogP contribution in [0.2, 0.25) is 0 Å². The number of amides is 2. The summed E-state index contributed by atoms with van der Waals surface area (Å²) in [5.74, 6) is 1.91. The molecule has 4 aromatic heterocycles. The van der Waals surface area contributed by atoms with Crippen LogP contribution in [0.25, 0.3) is 28.1 Å². The molecule has 2 bridgehead atoms. The second-order valence-electron chi connectivity index (χ2n) is 14.7. The van der Waals surface area contributed by atoms with E-state index >= 15 is 0 Å². The third-order valence-electron chi connectivity index (χ3n) is 10.2. The molecule has 5 atom stereocenters. The number of hydrogen-bond acceptors (Lipinski definition) is 6. The molecule has 238 valence electrons. The molecule has 2 saturated carbocycles. The number of nitrogens with two attached hydrogens (primary N) is 1. The predicted molar refractivity (Wildman–Crippen MR) is 174 cm³/mol. The maximum absolute atomic E-state index is 13.8. The van der Waals surface area contributed by atoms with Crippen LogP contribution in [-0.4, -0.2) is 61.4 Å². The van der Waals surface area contributed by atoms with Crippen LogP contribution in [-0.2, 0) is 11.3 Å². The smallest absolute Gasteiger partial charge is 0.254 e. The summed E-state index contributed by atoms with van der Waals surface area (Å²) in [6, 6.07) is 9.83. The van der Waals surface area contributed by atoms with Gasteiger partial charge in [0, 0.05) is 47.6 Å². The molecule has 0 spiro atoms. The summed E-state index contributed by atoms with van der Waals surface area (Å²) in [6.07, 6.45) is 3.47. The summed E-state index contributed by atoms with van der Waals surface area (Å²) >= 11 is 0. The number of nitrogens with zero attached hydrogens (tertiary/aromatic N) is 5. The molecule has 0 unspecified atom stereocenters. The van der Waals surface area contributed by atoms with Gasteiger partial charge in [-0.1, -0.05) is 27.7 Å². The van der Waals surface area contributed by atoms with Crippen LogP contribution in [0.5, 0.6) is 5.88 Å². The maximum Gasteiger partial charge on any atom is 0.254 e. The van der Waals surface area contributed by atoms with E-state index in [2.05, 4.69) is 28.9 Å². The lowest BCUT2D eigenvalue weighted by Crippen LogP contribution is -2.45. The first kappa shape index (κ1) is 29.8. The van der Waals surface area contributed by atoms with Crippen LogP contribution in [0, 0.1) is 30.1 Å². The Kier molecular flexibility index (Phi) is 7.00. The highest BCUT2D eigenvalue weighted by atomic mass is 16.5. The Hall–Kier alpha value is -3.92. The fourth-order valence-electron chi connectivity index (χ4n) is 7.50. The SMILES string of the molecule is COc1cc(C(=O)N2C[C@H]3C[C@H](C)[C@@H]2[C@@H]3N)cc2nc(-c3cc4ccc([C@@H](C)NC(=O)C(C)(C)C)nc4n3CC3CC3)c(C)n12. The number of carbonyl (C=O) groups is 2. The van der Waals surface area contributed by atoms with E-state index in [9.17, 15) is 9.59 Å². The van der Waals surface area contributed by atoms with Gasteiger partial charge in [0.15, 0.2) is 5.88 Å². The third-order valence-corrected chi connectivity index (χ3v) is 10.2. The lowest BCUT2D eigenvalue weighted by Gasteiger charge is -2.31. The molecule has 0 radical (unpaired) electrons. The normalized spacial score (nSPS) is 23.7. The summed E-state index contributed by atoms with van der Waals surface area (Å²) in [7, 11) is 1.63. The van der Waals surface area contributed by atoms with Crippen molar-refractivity contribution in [3.63, 3.8) is 0 Å². The summed E-state index contributed by atoms with van der Waals surface area (Å²) in [5, 5.41) is 4.15. The van der Waals surface area contributed by atoms with Gasteiger partial charge >= 0.3 is 0 Å². The Morgan fingerprint density at radius 1 is 1.16 bits per heavy atom. The molecule has 0 aromatic carbocycles. The number of hydrogen-bond donors (Lipinski definition) is 2. The van der Waals surface area contributed by atoms with E-state index in [-0.39, 0.29) is 29.9 Å². The molecule has 4 aromatic rings. The highest BCUT2D eigenvalue weighted by Crippen LogP contribution is 2.42. The lowest BCUT2D eigenvalue weighted by atomic mass is 9.95. The van der Waals surface area contributed by atoms with E-state index in [0.29, 0.717) is 41.4 Å². The Morgan fingerprint density at radius 2 is 1.91 bits per heavy atom. The molecule has 45 heavy (non-hydrogen) atoms. The van der Waals surface area contributed by atoms with Gasteiger partial charge in [0.1, 0.15) is 17.0 Å². The van der Waals surface area contributed by atoms with Gasteiger partial charge in [0.2, 0.25) is 5.91 Å². The van der Waals surface area contributed by atoms with Crippen molar-refractivity contribution < 1.29 is 14.3 Å². The van der Waals surface area contributed by atoms with Gasteiger partial charge in [0.05, 0.1) is 30.2 Å². The van der Waals surface area contributed by atoms with E-state index in [1.807, 2.05) is 62.1 Å². The van der Waals surface area contributed by atoms with Crippen molar-refractivity contribution in [2.75, 3.05) is 13.7 Å². The van der Waals surface area contributed by atoms with Crippen molar-refractivity contribution in [3.05, 3.63) is 47.3 Å². The zero-order chi connectivity index (χ0) is 31.9. The molecule has 2 amide bonds. The first-order valence-corrected chi connectivity index (χ1v) is 16.3. The summed E-state index contributed by atoms with van der Waals surface area (Å²) in [5.41, 5.74) is 11.7. The number of ether oxygens (including phenoxy) is 1. The molecule has 7 rings (SSSR count). The standard InChI is InChI=1S/C35H45N7O3/c1-18-12-24-17-41(31(18)29(24)36)33(43)23-14-27-39-30(20(3)42(27)28(15-23)45-7)26-13-22-10-11-25(19(2)37-34(44)35(4,5)6)38-32(22)40(26)16-21-8-9-21/h10-11,13-15,18-19,21,24,29,31H,8-9,12,16-17,36H2,1-7H3,(H,37,44)/t18-,19+,24+,29+,31+/m0/s1. The van der Waals surface area contributed by atoms with Crippen molar-refractivity contribution in [2.24, 2.45) is 28.9 Å². The molecule has 1 saturated heterocycles. The predicted octanol–water partition coefficient (Wildman–Crippen LogP) is 5.11. The van der Waals surface area contributed by atoms with Crippen molar-refractivity contribution >= 4 is 28.5 Å². The Balaban J connectivity index is 1.29. The number of imidazole rings is 1. The second kappa shape index (κ2) is 10.6. The Morgan fingerprint density at radius 3 is 2.56 bits per heavy atom. The molecule has 5 heterocycles. The minimum atomic E-state index is -0.483. The lowest BCUT2D eigenvalue weighted by molar-refractivity contribution is -0.129. The van der Waals surface area contributed by atoms with Crippen LogP contribution < -0.4 is 15.8 Å². The van der Waals surface area contributed by atoms with E-state index in [1.54, 1.807) is 7.11 Å². The molecule has 10 heteroatoms. The summed E-state index contributed by atoms with van der Waals surface area (Å²) in [4.78, 5) is 38.7. The summed E-state index contributed by atoms with van der Waals surface area (Å²) < 4.78 is 10.1. The molecule has 3 fully saturated rings. The van der Waals surface area contributed by atoms with E-state index in [1.165, 1.54) is 12.8 Å².